The summed E-state index contributed by atoms with van der Waals surface area (Å²) in [6.07, 6.45) is 13.8. The van der Waals surface area contributed by atoms with Gasteiger partial charge in [-0.25, -0.2) is 29.9 Å². The van der Waals surface area contributed by atoms with Crippen LogP contribution in [-0.4, -0.2) is 59.8 Å². The first-order valence-corrected chi connectivity index (χ1v) is 33.7. The smallest absolute Gasteiger partial charge is 0.107 e. The number of hydrogen-bond acceptors (Lipinski definition) is 12. The molecule has 20 rings (SSSR count). The quantitative estimate of drug-likeness (QED) is 0.126. The Kier molecular flexibility index (Phi) is 14.6. The third-order valence-corrected chi connectivity index (χ3v) is 19.1. The highest BCUT2D eigenvalue weighted by atomic mass is 14.8. The van der Waals surface area contributed by atoms with Crippen LogP contribution in [0.25, 0.3) is 199 Å². The summed E-state index contributed by atoms with van der Waals surface area (Å²) in [5, 5.41) is 10.9. The number of hydrogen-bond donors (Lipinski definition) is 0. The highest BCUT2D eigenvalue weighted by molar-refractivity contribution is 6.11. The topological polar surface area (TPSA) is 155 Å². The van der Waals surface area contributed by atoms with Crippen molar-refractivity contribution < 1.29 is 0 Å². The first-order chi connectivity index (χ1) is 50.5. The molecule has 0 aliphatic heterocycles. The minimum absolute atomic E-state index is 0.744. The first-order valence-electron chi connectivity index (χ1n) is 33.7. The maximum Gasteiger partial charge on any atom is 0.107 e. The van der Waals surface area contributed by atoms with Crippen LogP contribution in [0.3, 0.4) is 0 Å². The molecule has 0 spiro atoms. The molecular formula is C90H54N12. The minimum Gasteiger partial charge on any atom is -0.261 e. The molecule has 474 valence electrons. The van der Waals surface area contributed by atoms with E-state index in [4.69, 9.17) is 29.9 Å². The summed E-state index contributed by atoms with van der Waals surface area (Å²) in [6, 6.07) is 97.3. The summed E-state index contributed by atoms with van der Waals surface area (Å²) in [6.45, 7) is 0. The van der Waals surface area contributed by atoms with Crippen LogP contribution < -0.4 is 0 Å². The zero-order chi connectivity index (χ0) is 67.5. The van der Waals surface area contributed by atoms with Crippen molar-refractivity contribution in [2.24, 2.45) is 0 Å². The van der Waals surface area contributed by atoms with Crippen LogP contribution in [0.2, 0.25) is 0 Å². The minimum atomic E-state index is 0.744. The standard InChI is InChI=1S/C50H30N6.C40H24N6/c1-2-6-31(7-3-1)42-23-18-34-12-13-35-19-24-44(56-50(35)49(34)55-42)41-21-20-38(39-8-4-5-9-40(39)41)36-14-10-32-16-22-43(53-46(32)28-36)37-15-11-33-17-25-45(54-47(33)29-37)48-30-51-26-27-52-48;1-3-31-21-33(32-4-2-18-44-40(32)39(31)43-17-1)26-7-5-25(6-8-26)29-11-9-27-13-15-34(45-36(27)22-29)30-12-10-28-14-16-35(46-37(28)23-30)38-24-41-19-20-42-38/h1-30H;1-24H. The highest BCUT2D eigenvalue weighted by Crippen LogP contribution is 2.40. The number of pyridine rings is 8. The van der Waals surface area contributed by atoms with Crippen molar-refractivity contribution in [1.82, 2.24) is 59.8 Å². The van der Waals surface area contributed by atoms with Gasteiger partial charge in [0.25, 0.3) is 0 Å². The molecule has 10 aromatic heterocycles. The Morgan fingerprint density at radius 2 is 0.598 bits per heavy atom. The maximum atomic E-state index is 5.30. The van der Waals surface area contributed by atoms with Crippen molar-refractivity contribution in [2.75, 3.05) is 0 Å². The van der Waals surface area contributed by atoms with E-state index >= 15 is 0 Å². The molecule has 0 aliphatic rings. The Morgan fingerprint density at radius 3 is 1.20 bits per heavy atom. The van der Waals surface area contributed by atoms with Gasteiger partial charge in [0.2, 0.25) is 0 Å². The lowest BCUT2D eigenvalue weighted by atomic mass is 9.93. The van der Waals surface area contributed by atoms with Crippen molar-refractivity contribution in [1.29, 1.82) is 0 Å². The monoisotopic (exact) mass is 1300 g/mol. The van der Waals surface area contributed by atoms with Gasteiger partial charge in [-0.3, -0.25) is 29.9 Å². The van der Waals surface area contributed by atoms with Crippen LogP contribution >= 0.6 is 0 Å². The Morgan fingerprint density at radius 1 is 0.176 bits per heavy atom. The number of benzene rings is 10. The van der Waals surface area contributed by atoms with Crippen molar-refractivity contribution >= 4 is 98.0 Å². The molecule has 0 unspecified atom stereocenters. The molecular weight excluding hydrogens is 1250 g/mol. The fourth-order valence-electron chi connectivity index (χ4n) is 13.9. The fourth-order valence-corrected chi connectivity index (χ4v) is 13.9. The van der Waals surface area contributed by atoms with Crippen molar-refractivity contribution in [3.8, 4) is 101 Å². The van der Waals surface area contributed by atoms with E-state index < -0.39 is 0 Å². The molecule has 0 amide bonds. The van der Waals surface area contributed by atoms with E-state index in [1.165, 1.54) is 0 Å². The molecule has 0 fully saturated rings. The Bertz CT molecular complexity index is 6700. The van der Waals surface area contributed by atoms with Gasteiger partial charge >= 0.3 is 0 Å². The van der Waals surface area contributed by atoms with Crippen LogP contribution in [0.15, 0.2) is 329 Å². The SMILES string of the molecule is c1ccc(-c2ccc3ccc4ccc(-c5ccc(-c6ccc7ccc(-c8ccc9ccc(-c%10cnccn%10)nc9c8)nc7c6)c6ccccc56)nc4c3n2)cc1.c1cnc2c(c1)cc(-c1ccc(-c3ccc4ccc(-c5ccc6ccc(-c7cnccn7)nc6c5)nc4c3)cc1)c1cccnc12. The van der Waals surface area contributed by atoms with Gasteiger partial charge in [0.05, 0.1) is 90.7 Å². The van der Waals surface area contributed by atoms with Gasteiger partial charge in [-0.15, -0.1) is 0 Å². The molecule has 12 heteroatoms. The Balaban J connectivity index is 0.000000144. The molecule has 12 nitrogen and oxygen atoms in total. The number of nitrogens with zero attached hydrogens (tertiary/aromatic N) is 12. The van der Waals surface area contributed by atoms with Gasteiger partial charge in [0.15, 0.2) is 0 Å². The number of rotatable bonds is 9. The van der Waals surface area contributed by atoms with Gasteiger partial charge in [0, 0.05) is 103 Å². The van der Waals surface area contributed by atoms with E-state index in [0.29, 0.717) is 0 Å². The first kappa shape index (κ1) is 59.2. The molecule has 0 aliphatic carbocycles. The second kappa shape index (κ2) is 25.1. The molecule has 0 bridgehead atoms. The lowest BCUT2D eigenvalue weighted by Crippen LogP contribution is -1.92. The van der Waals surface area contributed by atoms with Gasteiger partial charge in [-0.05, 0) is 123 Å². The van der Waals surface area contributed by atoms with Gasteiger partial charge in [-0.2, -0.15) is 0 Å². The normalized spacial score (nSPS) is 11.5. The van der Waals surface area contributed by atoms with E-state index in [1.54, 1.807) is 37.2 Å². The molecule has 0 atom stereocenters. The lowest BCUT2D eigenvalue weighted by Gasteiger charge is -2.13. The number of fused-ring (bicyclic) bond motifs is 11. The molecule has 10 heterocycles. The summed E-state index contributed by atoms with van der Waals surface area (Å²) in [5.74, 6) is 0. The van der Waals surface area contributed by atoms with Crippen molar-refractivity contribution in [3.05, 3.63) is 329 Å². The zero-order valence-corrected chi connectivity index (χ0v) is 54.5. The Labute approximate surface area is 584 Å². The Hall–Kier alpha value is -14.1. The van der Waals surface area contributed by atoms with E-state index in [-0.39, 0.29) is 0 Å². The van der Waals surface area contributed by atoms with Crippen LogP contribution in [0.1, 0.15) is 0 Å². The predicted molar refractivity (Wildman–Crippen MR) is 413 cm³/mol. The molecule has 0 N–H and O–H groups in total. The summed E-state index contributed by atoms with van der Waals surface area (Å²) in [5.41, 5.74) is 25.0. The zero-order valence-electron chi connectivity index (χ0n) is 54.5. The van der Waals surface area contributed by atoms with E-state index in [0.717, 1.165) is 199 Å². The average Bonchev–Trinajstić information content (AvgIpc) is 0.768. The molecule has 20 aromatic rings. The van der Waals surface area contributed by atoms with Gasteiger partial charge < -0.3 is 0 Å². The molecule has 0 radical (unpaired) electrons. The largest absolute Gasteiger partial charge is 0.261 e. The third-order valence-electron chi connectivity index (χ3n) is 19.1. The average molecular weight is 1300 g/mol. The summed E-state index contributed by atoms with van der Waals surface area (Å²) in [4.78, 5) is 57.0. The van der Waals surface area contributed by atoms with Crippen LogP contribution in [0.5, 0.6) is 0 Å². The maximum absolute atomic E-state index is 5.30. The molecule has 102 heavy (non-hydrogen) atoms. The summed E-state index contributed by atoms with van der Waals surface area (Å²) in [7, 11) is 0. The van der Waals surface area contributed by atoms with Gasteiger partial charge in [-0.1, -0.05) is 200 Å². The highest BCUT2D eigenvalue weighted by Gasteiger charge is 2.17. The number of aromatic nitrogens is 12. The predicted octanol–water partition coefficient (Wildman–Crippen LogP) is 21.5. The van der Waals surface area contributed by atoms with Gasteiger partial charge in [0.1, 0.15) is 11.4 Å². The second-order valence-corrected chi connectivity index (χ2v) is 25.2. The summed E-state index contributed by atoms with van der Waals surface area (Å²) >= 11 is 0. The van der Waals surface area contributed by atoms with Crippen LogP contribution in [0.4, 0.5) is 0 Å². The van der Waals surface area contributed by atoms with E-state index in [1.807, 2.05) is 54.9 Å². The lowest BCUT2D eigenvalue weighted by molar-refractivity contribution is 1.19. The van der Waals surface area contributed by atoms with Crippen molar-refractivity contribution in [2.45, 2.75) is 0 Å². The third kappa shape index (κ3) is 11.0. The molecule has 10 aromatic carbocycles. The van der Waals surface area contributed by atoms with Crippen LogP contribution in [0, 0.1) is 0 Å². The van der Waals surface area contributed by atoms with Crippen LogP contribution in [-0.2, 0) is 0 Å². The van der Waals surface area contributed by atoms with E-state index in [2.05, 4.69) is 266 Å². The van der Waals surface area contributed by atoms with Crippen molar-refractivity contribution in [3.63, 3.8) is 0 Å². The molecule has 0 saturated heterocycles. The second-order valence-electron chi connectivity index (χ2n) is 25.2. The molecule has 0 saturated carbocycles. The summed E-state index contributed by atoms with van der Waals surface area (Å²) < 4.78 is 0. The van der Waals surface area contributed by atoms with E-state index in [9.17, 15) is 0 Å². The fraction of sp³-hybridized carbons (Fsp3) is 0.